The lowest BCUT2D eigenvalue weighted by Crippen LogP contribution is -2.17. The number of carbonyl (C=O) groups excluding carboxylic acids is 1. The minimum absolute atomic E-state index is 0.0345. The zero-order valence-electron chi connectivity index (χ0n) is 17.3. The number of thiazole rings is 1. The summed E-state index contributed by atoms with van der Waals surface area (Å²) >= 11 is 6.77. The summed E-state index contributed by atoms with van der Waals surface area (Å²) in [6.07, 6.45) is 1.51. The average Bonchev–Trinajstić information content (AvgIpc) is 3.11. The molecule has 0 saturated carbocycles. The third-order valence-corrected chi connectivity index (χ3v) is 7.39. The predicted octanol–water partition coefficient (Wildman–Crippen LogP) is 5.36. The van der Waals surface area contributed by atoms with E-state index < -0.39 is 27.6 Å². The maximum Gasteiger partial charge on any atom is 0.279 e. The van der Waals surface area contributed by atoms with E-state index in [0.29, 0.717) is 9.72 Å². The van der Waals surface area contributed by atoms with E-state index in [4.69, 9.17) is 11.6 Å². The van der Waals surface area contributed by atoms with E-state index in [1.807, 2.05) is 0 Å². The third kappa shape index (κ3) is 4.93. The van der Waals surface area contributed by atoms with Crippen LogP contribution in [0, 0.1) is 11.6 Å². The highest BCUT2D eigenvalue weighted by atomic mass is 35.5. The molecule has 1 N–H and O–H groups in total. The van der Waals surface area contributed by atoms with Crippen LogP contribution in [0.3, 0.4) is 0 Å². The average molecular weight is 520 g/mol. The molecule has 34 heavy (non-hydrogen) atoms. The fourth-order valence-corrected chi connectivity index (χ4v) is 5.43. The highest BCUT2D eigenvalue weighted by molar-refractivity contribution is 7.92. The van der Waals surface area contributed by atoms with Crippen LogP contribution in [0.15, 0.2) is 83.2 Å². The van der Waals surface area contributed by atoms with Crippen LogP contribution < -0.4 is 9.52 Å². The first-order valence-corrected chi connectivity index (χ1v) is 12.4. The number of amides is 1. The number of fused-ring (bicyclic) bond motifs is 1. The Bertz CT molecular complexity index is 1580. The van der Waals surface area contributed by atoms with Crippen LogP contribution in [-0.2, 0) is 16.6 Å². The normalized spacial score (nSPS) is 12.1. The second kappa shape index (κ2) is 9.49. The van der Waals surface area contributed by atoms with Gasteiger partial charge in [0, 0.05) is 28.9 Å². The highest BCUT2D eigenvalue weighted by Gasteiger charge is 2.16. The molecule has 1 heterocycles. The molecule has 4 rings (SSSR count). The van der Waals surface area contributed by atoms with Crippen molar-refractivity contribution < 1.29 is 22.0 Å². The van der Waals surface area contributed by atoms with Crippen molar-refractivity contribution in [1.82, 2.24) is 4.57 Å². The van der Waals surface area contributed by atoms with Crippen LogP contribution in [0.5, 0.6) is 0 Å². The molecule has 0 saturated heterocycles. The largest absolute Gasteiger partial charge is 0.310 e. The summed E-state index contributed by atoms with van der Waals surface area (Å²) in [7, 11) is -3.84. The van der Waals surface area contributed by atoms with Gasteiger partial charge in [-0.1, -0.05) is 29.0 Å². The Morgan fingerprint density at radius 2 is 1.79 bits per heavy atom. The molecule has 0 spiro atoms. The minimum atomic E-state index is -3.84. The first-order chi connectivity index (χ1) is 16.2. The minimum Gasteiger partial charge on any atom is -0.310 e. The van der Waals surface area contributed by atoms with E-state index in [-0.39, 0.29) is 33.0 Å². The van der Waals surface area contributed by atoms with Crippen LogP contribution in [0.4, 0.5) is 14.5 Å². The van der Waals surface area contributed by atoms with Gasteiger partial charge in [-0.2, -0.15) is 4.99 Å². The Morgan fingerprint density at radius 3 is 2.44 bits per heavy atom. The number of aromatic nitrogens is 1. The zero-order valence-corrected chi connectivity index (χ0v) is 19.7. The second-order valence-corrected chi connectivity index (χ2v) is 10.2. The number of hydrogen-bond acceptors (Lipinski definition) is 4. The summed E-state index contributed by atoms with van der Waals surface area (Å²) in [6.45, 7) is 3.80. The van der Waals surface area contributed by atoms with Crippen molar-refractivity contribution in [1.29, 1.82) is 0 Å². The summed E-state index contributed by atoms with van der Waals surface area (Å²) in [5.41, 5.74) is 0.557. The monoisotopic (exact) mass is 519 g/mol. The van der Waals surface area contributed by atoms with Crippen molar-refractivity contribution in [3.05, 3.63) is 100 Å². The quantitative estimate of drug-likeness (QED) is 0.348. The van der Waals surface area contributed by atoms with Gasteiger partial charge in [0.15, 0.2) is 10.6 Å². The summed E-state index contributed by atoms with van der Waals surface area (Å²) in [4.78, 5) is 17.0. The molecule has 174 valence electrons. The molecule has 0 atom stereocenters. The lowest BCUT2D eigenvalue weighted by molar-refractivity contribution is 0.0998. The van der Waals surface area contributed by atoms with E-state index >= 15 is 0 Å². The number of benzene rings is 3. The van der Waals surface area contributed by atoms with Gasteiger partial charge in [-0.15, -0.1) is 6.58 Å². The number of nitrogens with zero attached hydrogens (tertiary/aromatic N) is 2. The number of halogens is 3. The van der Waals surface area contributed by atoms with Gasteiger partial charge in [-0.3, -0.25) is 9.52 Å². The summed E-state index contributed by atoms with van der Waals surface area (Å²) < 4.78 is 57.1. The molecule has 1 amide bonds. The van der Waals surface area contributed by atoms with Gasteiger partial charge in [-0.05, 0) is 54.6 Å². The SMILES string of the molecule is C=CCn1c(=NC(=O)c2ccc(NS(=O)(=O)c3ccc(Cl)cc3)cc2)sc2cc(F)cc(F)c21. The van der Waals surface area contributed by atoms with Crippen LogP contribution in [0.25, 0.3) is 10.2 Å². The Kier molecular flexibility index (Phi) is 6.65. The molecule has 3 aromatic carbocycles. The molecule has 0 aliphatic heterocycles. The highest BCUT2D eigenvalue weighted by Crippen LogP contribution is 2.23. The molecule has 0 aliphatic carbocycles. The number of allylic oxidation sites excluding steroid dienone is 1. The standard InChI is InChI=1S/C23H16ClF2N3O3S2/c1-2-11-29-21-19(26)12-16(25)13-20(21)33-23(29)27-22(30)14-3-7-17(8-4-14)28-34(31,32)18-9-5-15(24)6-10-18/h2-10,12-13,28H,1,11H2. The second-order valence-electron chi connectivity index (χ2n) is 7.07. The zero-order chi connectivity index (χ0) is 24.5. The van der Waals surface area contributed by atoms with Crippen LogP contribution in [-0.4, -0.2) is 18.9 Å². The van der Waals surface area contributed by atoms with Crippen molar-refractivity contribution in [2.24, 2.45) is 4.99 Å². The summed E-state index contributed by atoms with van der Waals surface area (Å²) in [5, 5.41) is 0.409. The molecule has 4 aromatic rings. The summed E-state index contributed by atoms with van der Waals surface area (Å²) in [6, 6.07) is 13.3. The van der Waals surface area contributed by atoms with Crippen molar-refractivity contribution in [2.45, 2.75) is 11.4 Å². The number of hydrogen-bond donors (Lipinski definition) is 1. The molecule has 0 radical (unpaired) electrons. The lowest BCUT2D eigenvalue weighted by Gasteiger charge is -2.08. The van der Waals surface area contributed by atoms with E-state index in [2.05, 4.69) is 16.3 Å². The topological polar surface area (TPSA) is 80.5 Å². The number of carbonyl (C=O) groups is 1. The fourth-order valence-electron chi connectivity index (χ4n) is 3.17. The maximum absolute atomic E-state index is 14.3. The molecule has 11 heteroatoms. The molecule has 6 nitrogen and oxygen atoms in total. The Balaban J connectivity index is 1.63. The Labute approximate surface area is 202 Å². The maximum atomic E-state index is 14.3. The van der Waals surface area contributed by atoms with Crippen LogP contribution in [0.1, 0.15) is 10.4 Å². The lowest BCUT2D eigenvalue weighted by atomic mass is 10.2. The van der Waals surface area contributed by atoms with Crippen LogP contribution in [0.2, 0.25) is 5.02 Å². The van der Waals surface area contributed by atoms with Crippen molar-refractivity contribution in [3.63, 3.8) is 0 Å². The molecule has 0 unspecified atom stereocenters. The predicted molar refractivity (Wildman–Crippen MR) is 129 cm³/mol. The van der Waals surface area contributed by atoms with E-state index in [1.165, 1.54) is 65.2 Å². The Morgan fingerprint density at radius 1 is 1.12 bits per heavy atom. The van der Waals surface area contributed by atoms with Gasteiger partial charge in [0.1, 0.15) is 5.82 Å². The smallest absolute Gasteiger partial charge is 0.279 e. The molecule has 1 aromatic heterocycles. The first kappa shape index (κ1) is 23.8. The van der Waals surface area contributed by atoms with Crippen LogP contribution >= 0.6 is 22.9 Å². The van der Waals surface area contributed by atoms with Gasteiger partial charge in [-0.25, -0.2) is 17.2 Å². The van der Waals surface area contributed by atoms with E-state index in [0.717, 1.165) is 17.4 Å². The fraction of sp³-hybridized carbons (Fsp3) is 0.0435. The van der Waals surface area contributed by atoms with Gasteiger partial charge in [0.25, 0.3) is 15.9 Å². The van der Waals surface area contributed by atoms with Gasteiger partial charge < -0.3 is 4.57 Å². The number of rotatable bonds is 6. The molecule has 0 fully saturated rings. The summed E-state index contributed by atoms with van der Waals surface area (Å²) in [5.74, 6) is -2.12. The van der Waals surface area contributed by atoms with E-state index in [1.54, 1.807) is 0 Å². The van der Waals surface area contributed by atoms with E-state index in [9.17, 15) is 22.0 Å². The molecular weight excluding hydrogens is 504 g/mol. The van der Waals surface area contributed by atoms with Gasteiger partial charge in [0.05, 0.1) is 15.1 Å². The number of sulfonamides is 1. The molecule has 0 aliphatic rings. The van der Waals surface area contributed by atoms with Crippen molar-refractivity contribution in [2.75, 3.05) is 4.72 Å². The van der Waals surface area contributed by atoms with Crippen molar-refractivity contribution >= 4 is 54.8 Å². The molecule has 0 bridgehead atoms. The van der Waals surface area contributed by atoms with Crippen molar-refractivity contribution in [3.8, 4) is 0 Å². The third-order valence-electron chi connectivity index (χ3n) is 4.71. The number of nitrogens with one attached hydrogen (secondary N) is 1. The molecular formula is C23H16ClF2N3O3S2. The first-order valence-electron chi connectivity index (χ1n) is 9.75. The Hall–Kier alpha value is -3.34. The van der Waals surface area contributed by atoms with Gasteiger partial charge >= 0.3 is 0 Å². The number of anilines is 1. The van der Waals surface area contributed by atoms with Gasteiger partial charge in [0.2, 0.25) is 0 Å².